The third kappa shape index (κ3) is 8.03. The molecule has 2 atom stereocenters. The van der Waals surface area contributed by atoms with Crippen molar-refractivity contribution < 1.29 is 14.3 Å². The van der Waals surface area contributed by atoms with E-state index in [0.717, 1.165) is 45.2 Å². The van der Waals surface area contributed by atoms with Crippen molar-refractivity contribution in [2.45, 2.75) is 98.4 Å². The number of nitrogens with zero attached hydrogens (tertiary/aromatic N) is 2. The lowest BCUT2D eigenvalue weighted by atomic mass is 10.0. The highest BCUT2D eigenvalue weighted by atomic mass is 79.9. The first-order valence-electron chi connectivity index (χ1n) is 10.9. The van der Waals surface area contributed by atoms with Crippen LogP contribution in [0.3, 0.4) is 0 Å². The van der Waals surface area contributed by atoms with Gasteiger partial charge in [-0.2, -0.15) is 0 Å². The Labute approximate surface area is 180 Å². The molecule has 1 heterocycles. The van der Waals surface area contributed by atoms with Crippen LogP contribution in [0.25, 0.3) is 0 Å². The first-order valence-corrected chi connectivity index (χ1v) is 11.7. The zero-order chi connectivity index (χ0) is 21.3. The average Bonchev–Trinajstić information content (AvgIpc) is 2.61. The molecule has 0 bridgehead atoms. The first kappa shape index (κ1) is 25.4. The zero-order valence-electron chi connectivity index (χ0n) is 19.0. The highest BCUT2D eigenvalue weighted by Crippen LogP contribution is 2.28. The molecule has 0 saturated heterocycles. The van der Waals surface area contributed by atoms with Crippen molar-refractivity contribution in [2.24, 2.45) is 0 Å². The number of hydrogen-bond donors (Lipinski definition) is 0. The molecule has 0 aromatic rings. The van der Waals surface area contributed by atoms with Gasteiger partial charge in [0.15, 0.2) is 0 Å². The summed E-state index contributed by atoms with van der Waals surface area (Å²) < 4.78 is 13.1. The normalized spacial score (nSPS) is 26.5. The summed E-state index contributed by atoms with van der Waals surface area (Å²) in [4.78, 5) is 17.2. The molecule has 2 unspecified atom stereocenters. The Kier molecular flexibility index (Phi) is 11.1. The van der Waals surface area contributed by atoms with Crippen molar-refractivity contribution >= 4 is 22.0 Å². The third-order valence-electron chi connectivity index (χ3n) is 5.10. The zero-order valence-corrected chi connectivity index (χ0v) is 20.6. The second kappa shape index (κ2) is 12.2. The second-order valence-corrected chi connectivity index (χ2v) is 9.45. The predicted molar refractivity (Wildman–Crippen MR) is 120 cm³/mol. The second-order valence-electron chi connectivity index (χ2n) is 8.50. The molecule has 5 nitrogen and oxygen atoms in total. The molecule has 6 heteroatoms. The number of ether oxygens (including phenoxy) is 2. The minimum absolute atomic E-state index is 0.000602. The Morgan fingerprint density at radius 1 is 1.25 bits per heavy atom. The standard InChI is InChI=1S/C22H41BrN2O3/c1-8-12-18-17(4)25(21(26)28-22(5,6)7)14-11-16-27-20(9-2)24(10-3)15-13-19(18)23/h17,20H,8-16H2,1-7H3/b19-18+. The van der Waals surface area contributed by atoms with Gasteiger partial charge in [0.05, 0.1) is 12.6 Å². The first-order chi connectivity index (χ1) is 13.1. The maximum atomic E-state index is 12.9. The van der Waals surface area contributed by atoms with Crippen LogP contribution >= 0.6 is 15.9 Å². The fourth-order valence-electron chi connectivity index (χ4n) is 3.64. The highest BCUT2D eigenvalue weighted by molar-refractivity contribution is 9.11. The van der Waals surface area contributed by atoms with Crippen molar-refractivity contribution in [3.63, 3.8) is 0 Å². The summed E-state index contributed by atoms with van der Waals surface area (Å²) in [5.74, 6) is 0. The summed E-state index contributed by atoms with van der Waals surface area (Å²) in [5.41, 5.74) is 0.802. The van der Waals surface area contributed by atoms with Crippen LogP contribution in [0.4, 0.5) is 4.79 Å². The lowest BCUT2D eigenvalue weighted by Crippen LogP contribution is -2.45. The molecule has 0 spiro atoms. The summed E-state index contributed by atoms with van der Waals surface area (Å²) in [6.07, 6.45) is 4.60. The topological polar surface area (TPSA) is 42.0 Å². The molecule has 0 radical (unpaired) electrons. The number of carbonyl (C=O) groups excluding carboxylic acids is 1. The summed E-state index contributed by atoms with van der Waals surface area (Å²) in [7, 11) is 0. The molecule has 0 N–H and O–H groups in total. The van der Waals surface area contributed by atoms with Crippen LogP contribution in [0.15, 0.2) is 10.1 Å². The maximum Gasteiger partial charge on any atom is 0.410 e. The van der Waals surface area contributed by atoms with Gasteiger partial charge in [-0.3, -0.25) is 4.90 Å². The van der Waals surface area contributed by atoms with Crippen molar-refractivity contribution in [2.75, 3.05) is 26.2 Å². The van der Waals surface area contributed by atoms with Crippen molar-refractivity contribution in [1.29, 1.82) is 0 Å². The van der Waals surface area contributed by atoms with Crippen molar-refractivity contribution in [3.05, 3.63) is 10.1 Å². The van der Waals surface area contributed by atoms with Crippen LogP contribution in [0.1, 0.15) is 80.6 Å². The van der Waals surface area contributed by atoms with E-state index in [4.69, 9.17) is 9.47 Å². The molecular formula is C22H41BrN2O3. The van der Waals surface area contributed by atoms with E-state index in [9.17, 15) is 4.79 Å². The quantitative estimate of drug-likeness (QED) is 0.521. The number of amides is 1. The van der Waals surface area contributed by atoms with Crippen LogP contribution < -0.4 is 0 Å². The van der Waals surface area contributed by atoms with Gasteiger partial charge in [0, 0.05) is 13.1 Å². The fourth-order valence-corrected chi connectivity index (χ4v) is 4.34. The van der Waals surface area contributed by atoms with Gasteiger partial charge in [0.1, 0.15) is 11.8 Å². The minimum atomic E-state index is -0.502. The summed E-state index contributed by atoms with van der Waals surface area (Å²) in [6.45, 7) is 17.6. The number of halogens is 1. The summed E-state index contributed by atoms with van der Waals surface area (Å²) in [5, 5.41) is 0. The minimum Gasteiger partial charge on any atom is -0.444 e. The Morgan fingerprint density at radius 3 is 2.46 bits per heavy atom. The molecule has 1 aliphatic heterocycles. The van der Waals surface area contributed by atoms with Crippen LogP contribution in [0.5, 0.6) is 0 Å². The molecule has 1 rings (SSSR count). The molecule has 0 aromatic carbocycles. The average molecular weight is 461 g/mol. The van der Waals surface area contributed by atoms with Crippen LogP contribution in [0, 0.1) is 0 Å². The van der Waals surface area contributed by atoms with E-state index < -0.39 is 5.60 Å². The molecular weight excluding hydrogens is 420 g/mol. The van der Waals surface area contributed by atoms with E-state index in [1.165, 1.54) is 10.1 Å². The number of carbonyl (C=O) groups is 1. The van der Waals surface area contributed by atoms with Gasteiger partial charge in [-0.25, -0.2) is 4.79 Å². The SMILES string of the molecule is CCC/C1=C(\Br)CCN(CC)C(CC)OCCCN(C(=O)OC(C)(C)C)C1C. The van der Waals surface area contributed by atoms with E-state index in [2.05, 4.69) is 48.5 Å². The Morgan fingerprint density at radius 2 is 1.93 bits per heavy atom. The Bertz CT molecular complexity index is 516. The van der Waals surface area contributed by atoms with Gasteiger partial charge in [-0.1, -0.05) is 43.1 Å². The summed E-state index contributed by atoms with van der Waals surface area (Å²) in [6, 6.07) is 0.000602. The van der Waals surface area contributed by atoms with E-state index >= 15 is 0 Å². The smallest absolute Gasteiger partial charge is 0.410 e. The van der Waals surface area contributed by atoms with Crippen LogP contribution in [0.2, 0.25) is 0 Å². The van der Waals surface area contributed by atoms with E-state index in [0.29, 0.717) is 13.2 Å². The molecule has 0 saturated carbocycles. The van der Waals surface area contributed by atoms with Crippen molar-refractivity contribution in [3.8, 4) is 0 Å². The van der Waals surface area contributed by atoms with Gasteiger partial charge in [0.2, 0.25) is 0 Å². The number of hydrogen-bond acceptors (Lipinski definition) is 4. The fraction of sp³-hybridized carbons (Fsp3) is 0.864. The van der Waals surface area contributed by atoms with Gasteiger partial charge in [0.25, 0.3) is 0 Å². The van der Waals surface area contributed by atoms with Gasteiger partial charge >= 0.3 is 6.09 Å². The maximum absolute atomic E-state index is 12.9. The van der Waals surface area contributed by atoms with Gasteiger partial charge in [-0.15, -0.1) is 0 Å². The highest BCUT2D eigenvalue weighted by Gasteiger charge is 2.29. The van der Waals surface area contributed by atoms with Gasteiger partial charge < -0.3 is 14.4 Å². The van der Waals surface area contributed by atoms with Crippen molar-refractivity contribution in [1.82, 2.24) is 9.80 Å². The summed E-state index contributed by atoms with van der Waals surface area (Å²) >= 11 is 3.86. The Hall–Kier alpha value is -0.590. The molecule has 0 aromatic heterocycles. The largest absolute Gasteiger partial charge is 0.444 e. The Balaban J connectivity index is 3.18. The van der Waals surface area contributed by atoms with Crippen LogP contribution in [-0.2, 0) is 9.47 Å². The van der Waals surface area contributed by atoms with Gasteiger partial charge in [-0.05, 0) is 70.0 Å². The molecule has 1 aliphatic rings. The third-order valence-corrected chi connectivity index (χ3v) is 6.01. The molecule has 28 heavy (non-hydrogen) atoms. The predicted octanol–water partition coefficient (Wildman–Crippen LogP) is 5.93. The monoisotopic (exact) mass is 460 g/mol. The van der Waals surface area contributed by atoms with E-state index in [1.807, 2.05) is 25.7 Å². The number of rotatable bonds is 4. The lowest BCUT2D eigenvalue weighted by Gasteiger charge is -2.35. The molecule has 1 amide bonds. The van der Waals surface area contributed by atoms with Crippen LogP contribution in [-0.4, -0.2) is 60.0 Å². The molecule has 164 valence electrons. The lowest BCUT2D eigenvalue weighted by molar-refractivity contribution is -0.0619. The molecule has 0 fully saturated rings. The molecule has 0 aliphatic carbocycles. The van der Waals surface area contributed by atoms with E-state index in [-0.39, 0.29) is 18.4 Å². The van der Waals surface area contributed by atoms with E-state index in [1.54, 1.807) is 0 Å².